The van der Waals surface area contributed by atoms with Gasteiger partial charge in [0.25, 0.3) is 0 Å². The largest absolute Gasteiger partial charge is 0.372 e. The van der Waals surface area contributed by atoms with Gasteiger partial charge in [-0.2, -0.15) is 0 Å². The van der Waals surface area contributed by atoms with Gasteiger partial charge >= 0.3 is 0 Å². The van der Waals surface area contributed by atoms with E-state index in [-0.39, 0.29) is 0 Å². The fourth-order valence-electron chi connectivity index (χ4n) is 0.340. The molecule has 40 valence electrons. The van der Waals surface area contributed by atoms with E-state index in [1.807, 2.05) is 5.41 Å². The predicted molar refractivity (Wildman–Crippen MR) is 32.4 cm³/mol. The third-order valence-electron chi connectivity index (χ3n) is 0.802. The summed E-state index contributed by atoms with van der Waals surface area (Å²) in [6.45, 7) is 4.53. The predicted octanol–water partition coefficient (Wildman–Crippen LogP) is 1.26. The maximum Gasteiger partial charge on any atom is 0.0903 e. The van der Waals surface area contributed by atoms with E-state index in [4.69, 9.17) is 4.74 Å². The van der Waals surface area contributed by atoms with Crippen molar-refractivity contribution in [3.8, 4) is 0 Å². The first-order chi connectivity index (χ1) is 3.43. The van der Waals surface area contributed by atoms with Crippen molar-refractivity contribution in [2.45, 2.75) is 6.10 Å². The lowest BCUT2D eigenvalue weighted by Gasteiger charge is -1.82. The third kappa shape index (κ3) is 2.00. The molecule has 1 aliphatic rings. The van der Waals surface area contributed by atoms with Gasteiger partial charge in [-0.1, -0.05) is 6.58 Å². The minimum Gasteiger partial charge on any atom is -0.372 e. The molecule has 0 spiro atoms. The van der Waals surface area contributed by atoms with Gasteiger partial charge in [-0.05, 0) is 5.41 Å². The quantitative estimate of drug-likeness (QED) is 0.515. The second-order valence-corrected chi connectivity index (χ2v) is 2.46. The summed E-state index contributed by atoms with van der Waals surface area (Å²) >= 11 is 1.72. The Morgan fingerprint density at radius 2 is 2.71 bits per heavy atom. The van der Waals surface area contributed by atoms with E-state index in [9.17, 15) is 0 Å². The van der Waals surface area contributed by atoms with E-state index < -0.39 is 0 Å². The summed E-state index contributed by atoms with van der Waals surface area (Å²) in [5.74, 6) is 1.09. The first-order valence-corrected chi connectivity index (χ1v) is 3.32. The minimum atomic E-state index is 0.544. The van der Waals surface area contributed by atoms with Crippen molar-refractivity contribution >= 4 is 11.8 Å². The average molecular weight is 116 g/mol. The molecule has 1 saturated heterocycles. The van der Waals surface area contributed by atoms with E-state index in [0.717, 1.165) is 12.4 Å². The van der Waals surface area contributed by atoms with Crippen LogP contribution in [-0.4, -0.2) is 18.5 Å². The van der Waals surface area contributed by atoms with E-state index in [1.54, 1.807) is 11.8 Å². The van der Waals surface area contributed by atoms with Gasteiger partial charge in [-0.3, -0.25) is 0 Å². The van der Waals surface area contributed by atoms with E-state index >= 15 is 0 Å². The van der Waals surface area contributed by atoms with Crippen LogP contribution in [0.1, 0.15) is 0 Å². The molecule has 0 aromatic heterocycles. The molecule has 0 radical (unpaired) electrons. The molecule has 1 aliphatic heterocycles. The molecule has 0 aromatic carbocycles. The SMILES string of the molecule is C=CSCC1CO1. The van der Waals surface area contributed by atoms with Crippen LogP contribution in [-0.2, 0) is 4.74 Å². The first kappa shape index (κ1) is 5.19. The Kier molecular flexibility index (Phi) is 1.77. The Balaban J connectivity index is 1.88. The van der Waals surface area contributed by atoms with Gasteiger partial charge in [0, 0.05) is 5.75 Å². The highest BCUT2D eigenvalue weighted by Crippen LogP contribution is 2.15. The van der Waals surface area contributed by atoms with Crippen LogP contribution in [0.3, 0.4) is 0 Å². The fraction of sp³-hybridized carbons (Fsp3) is 0.600. The standard InChI is InChI=1S/C5H8OS/c1-2-7-4-5-3-6-5/h2,5H,1,3-4H2. The summed E-state index contributed by atoms with van der Waals surface area (Å²) in [6, 6.07) is 0. The third-order valence-corrected chi connectivity index (χ3v) is 1.60. The molecule has 0 bridgehead atoms. The smallest absolute Gasteiger partial charge is 0.0903 e. The summed E-state index contributed by atoms with van der Waals surface area (Å²) in [7, 11) is 0. The Morgan fingerprint density at radius 1 is 2.00 bits per heavy atom. The van der Waals surface area contributed by atoms with Crippen molar-refractivity contribution in [2.75, 3.05) is 12.4 Å². The van der Waals surface area contributed by atoms with Crippen LogP contribution in [0, 0.1) is 0 Å². The topological polar surface area (TPSA) is 12.5 Å². The second kappa shape index (κ2) is 2.38. The van der Waals surface area contributed by atoms with E-state index in [2.05, 4.69) is 6.58 Å². The van der Waals surface area contributed by atoms with E-state index in [1.165, 1.54) is 0 Å². The summed E-state index contributed by atoms with van der Waals surface area (Å²) < 4.78 is 4.94. The molecule has 1 heterocycles. The Labute approximate surface area is 47.7 Å². The maximum absolute atomic E-state index is 4.94. The van der Waals surface area contributed by atoms with Gasteiger partial charge in [0.2, 0.25) is 0 Å². The van der Waals surface area contributed by atoms with E-state index in [0.29, 0.717) is 6.10 Å². The molecule has 7 heavy (non-hydrogen) atoms. The summed E-state index contributed by atoms with van der Waals surface area (Å²) in [6.07, 6.45) is 0.544. The summed E-state index contributed by atoms with van der Waals surface area (Å²) in [5.41, 5.74) is 0. The van der Waals surface area contributed by atoms with Crippen molar-refractivity contribution in [1.82, 2.24) is 0 Å². The molecule has 1 atom stereocenters. The zero-order chi connectivity index (χ0) is 5.11. The maximum atomic E-state index is 4.94. The summed E-state index contributed by atoms with van der Waals surface area (Å²) in [4.78, 5) is 0. The van der Waals surface area contributed by atoms with Crippen LogP contribution in [0.15, 0.2) is 12.0 Å². The Bertz CT molecular complexity index is 68.5. The number of rotatable bonds is 3. The van der Waals surface area contributed by atoms with Crippen LogP contribution in [0.2, 0.25) is 0 Å². The molecule has 1 fully saturated rings. The molecule has 0 aliphatic carbocycles. The number of hydrogen-bond acceptors (Lipinski definition) is 2. The zero-order valence-corrected chi connectivity index (χ0v) is 4.91. The van der Waals surface area contributed by atoms with Crippen molar-refractivity contribution in [3.63, 3.8) is 0 Å². The fourth-order valence-corrected chi connectivity index (χ4v) is 0.883. The van der Waals surface area contributed by atoms with Gasteiger partial charge in [0.05, 0.1) is 12.7 Å². The molecule has 0 N–H and O–H groups in total. The lowest BCUT2D eigenvalue weighted by atomic mass is 10.6. The molecule has 1 nitrogen and oxygen atoms in total. The number of thioether (sulfide) groups is 1. The van der Waals surface area contributed by atoms with Crippen LogP contribution < -0.4 is 0 Å². The Hall–Kier alpha value is 0.0500. The highest BCUT2D eigenvalue weighted by atomic mass is 32.2. The molecule has 1 rings (SSSR count). The average Bonchev–Trinajstić information content (AvgIpc) is 2.42. The Morgan fingerprint density at radius 3 is 3.14 bits per heavy atom. The van der Waals surface area contributed by atoms with Crippen molar-refractivity contribution in [2.24, 2.45) is 0 Å². The minimum absolute atomic E-state index is 0.544. The second-order valence-electron chi connectivity index (χ2n) is 1.46. The van der Waals surface area contributed by atoms with Crippen LogP contribution in [0.4, 0.5) is 0 Å². The lowest BCUT2D eigenvalue weighted by molar-refractivity contribution is 0.426. The normalized spacial score (nSPS) is 27.1. The monoisotopic (exact) mass is 116 g/mol. The van der Waals surface area contributed by atoms with Gasteiger partial charge in [-0.25, -0.2) is 0 Å². The summed E-state index contributed by atoms with van der Waals surface area (Å²) in [5, 5.41) is 1.85. The first-order valence-electron chi connectivity index (χ1n) is 2.27. The molecular formula is C5H8OS. The number of epoxide rings is 1. The van der Waals surface area contributed by atoms with Crippen LogP contribution >= 0.6 is 11.8 Å². The number of ether oxygens (including phenoxy) is 1. The highest BCUT2D eigenvalue weighted by molar-refractivity contribution is 8.02. The van der Waals surface area contributed by atoms with Crippen molar-refractivity contribution in [3.05, 3.63) is 12.0 Å². The lowest BCUT2D eigenvalue weighted by Crippen LogP contribution is -1.84. The molecule has 1 unspecified atom stereocenters. The zero-order valence-electron chi connectivity index (χ0n) is 4.09. The van der Waals surface area contributed by atoms with Crippen LogP contribution in [0.25, 0.3) is 0 Å². The number of hydrogen-bond donors (Lipinski definition) is 0. The molecule has 2 heteroatoms. The molecular weight excluding hydrogens is 108 g/mol. The van der Waals surface area contributed by atoms with Crippen molar-refractivity contribution < 1.29 is 4.74 Å². The van der Waals surface area contributed by atoms with Crippen LogP contribution in [0.5, 0.6) is 0 Å². The van der Waals surface area contributed by atoms with Gasteiger partial charge in [0.15, 0.2) is 0 Å². The van der Waals surface area contributed by atoms with Gasteiger partial charge in [-0.15, -0.1) is 11.8 Å². The molecule has 0 aromatic rings. The van der Waals surface area contributed by atoms with Gasteiger partial charge in [0.1, 0.15) is 0 Å². The molecule has 0 amide bonds. The molecule has 0 saturated carbocycles. The van der Waals surface area contributed by atoms with Gasteiger partial charge < -0.3 is 4.74 Å². The van der Waals surface area contributed by atoms with Crippen molar-refractivity contribution in [1.29, 1.82) is 0 Å². The highest BCUT2D eigenvalue weighted by Gasteiger charge is 2.20.